The molecular weight excluding hydrogens is 472 g/mol. The minimum Gasteiger partial charge on any atom is -0.378 e. The van der Waals surface area contributed by atoms with E-state index in [1.54, 1.807) is 4.90 Å². The van der Waals surface area contributed by atoms with E-state index >= 15 is 0 Å². The Morgan fingerprint density at radius 1 is 0.973 bits per heavy atom. The van der Waals surface area contributed by atoms with E-state index in [4.69, 9.17) is 4.74 Å². The number of fused-ring (bicyclic) bond motifs is 1. The molecule has 3 amide bonds. The number of carbonyl (C=O) groups excluding carboxylic acids is 3. The second-order valence-corrected chi connectivity index (χ2v) is 10.4. The molecule has 10 nitrogen and oxygen atoms in total. The van der Waals surface area contributed by atoms with Crippen LogP contribution in [0.25, 0.3) is 0 Å². The van der Waals surface area contributed by atoms with Crippen LogP contribution in [-0.4, -0.2) is 82.9 Å². The van der Waals surface area contributed by atoms with Crippen molar-refractivity contribution in [2.45, 2.75) is 50.7 Å². The van der Waals surface area contributed by atoms with Gasteiger partial charge < -0.3 is 14.5 Å². The van der Waals surface area contributed by atoms with Gasteiger partial charge in [0.25, 0.3) is 5.91 Å². The van der Waals surface area contributed by atoms with Crippen molar-refractivity contribution in [3.63, 3.8) is 0 Å². The first-order chi connectivity index (χ1) is 18.0. The number of imide groups is 1. The summed E-state index contributed by atoms with van der Waals surface area (Å²) in [6, 6.07) is 5.57. The standard InChI is InChI=1S/C27H32N6O4/c34-24-4-3-23(25(35)30-24)33-17-21-13-20(1-2-22(21)26(33)36)19-5-7-31(8-6-19)16-18-14-28-27(29-15-18)32-9-11-37-12-10-32/h1-2,13-15,19,23H,3-12,16-17H2,(H,30,34,35). The summed E-state index contributed by atoms with van der Waals surface area (Å²) in [4.78, 5) is 52.2. The Balaban J connectivity index is 1.04. The van der Waals surface area contributed by atoms with Crippen molar-refractivity contribution in [3.8, 4) is 0 Å². The van der Waals surface area contributed by atoms with E-state index in [0.717, 1.165) is 75.9 Å². The van der Waals surface area contributed by atoms with Gasteiger partial charge in [-0.05, 0) is 55.5 Å². The first-order valence-corrected chi connectivity index (χ1v) is 13.2. The van der Waals surface area contributed by atoms with Crippen LogP contribution in [0.15, 0.2) is 30.6 Å². The molecule has 0 radical (unpaired) electrons. The third-order valence-electron chi connectivity index (χ3n) is 8.00. The number of nitrogens with zero attached hydrogens (tertiary/aromatic N) is 5. The predicted octanol–water partition coefficient (Wildman–Crippen LogP) is 1.45. The molecule has 194 valence electrons. The number of nitrogens with one attached hydrogen (secondary N) is 1. The number of carbonyl (C=O) groups is 3. The molecule has 2 aromatic rings. The number of hydrogen-bond donors (Lipinski definition) is 1. The average Bonchev–Trinajstić information content (AvgIpc) is 3.25. The third kappa shape index (κ3) is 4.95. The van der Waals surface area contributed by atoms with Crippen LogP contribution in [0.2, 0.25) is 0 Å². The molecule has 1 aromatic heterocycles. The molecule has 3 fully saturated rings. The minimum absolute atomic E-state index is 0.118. The highest BCUT2D eigenvalue weighted by atomic mass is 16.5. The molecule has 37 heavy (non-hydrogen) atoms. The Bertz CT molecular complexity index is 1190. The van der Waals surface area contributed by atoms with E-state index in [0.29, 0.717) is 24.4 Å². The third-order valence-corrected chi connectivity index (χ3v) is 8.00. The lowest BCUT2D eigenvalue weighted by molar-refractivity contribution is -0.136. The van der Waals surface area contributed by atoms with Gasteiger partial charge in [0.1, 0.15) is 6.04 Å². The number of ether oxygens (including phenoxy) is 1. The maximum absolute atomic E-state index is 13.0. The fraction of sp³-hybridized carbons (Fsp3) is 0.519. The summed E-state index contributed by atoms with van der Waals surface area (Å²) in [7, 11) is 0. The zero-order valence-corrected chi connectivity index (χ0v) is 20.9. The molecule has 4 aliphatic rings. The zero-order valence-electron chi connectivity index (χ0n) is 20.9. The van der Waals surface area contributed by atoms with Gasteiger partial charge >= 0.3 is 0 Å². The number of hydrogen-bond acceptors (Lipinski definition) is 8. The van der Waals surface area contributed by atoms with Crippen LogP contribution in [0, 0.1) is 0 Å². The average molecular weight is 505 g/mol. The van der Waals surface area contributed by atoms with Gasteiger partial charge in [0.15, 0.2) is 0 Å². The number of benzene rings is 1. The van der Waals surface area contributed by atoms with E-state index in [-0.39, 0.29) is 24.1 Å². The van der Waals surface area contributed by atoms with E-state index in [1.165, 1.54) is 5.56 Å². The van der Waals surface area contributed by atoms with Crippen molar-refractivity contribution in [3.05, 3.63) is 52.8 Å². The molecule has 0 bridgehead atoms. The summed E-state index contributed by atoms with van der Waals surface area (Å²) in [6.45, 7) is 6.36. The maximum atomic E-state index is 13.0. The Hall–Kier alpha value is -3.37. The molecule has 0 saturated carbocycles. The monoisotopic (exact) mass is 504 g/mol. The summed E-state index contributed by atoms with van der Waals surface area (Å²) < 4.78 is 5.40. The van der Waals surface area contributed by atoms with Gasteiger partial charge in [0, 0.05) is 56.1 Å². The lowest BCUT2D eigenvalue weighted by Gasteiger charge is -2.32. The molecule has 5 heterocycles. The molecule has 4 aliphatic heterocycles. The number of anilines is 1. The lowest BCUT2D eigenvalue weighted by atomic mass is 9.88. The van der Waals surface area contributed by atoms with E-state index in [9.17, 15) is 14.4 Å². The number of piperidine rings is 2. The van der Waals surface area contributed by atoms with Gasteiger partial charge in [0.2, 0.25) is 17.8 Å². The van der Waals surface area contributed by atoms with Crippen LogP contribution in [-0.2, 0) is 27.4 Å². The summed E-state index contributed by atoms with van der Waals surface area (Å²) in [5, 5.41) is 2.36. The fourth-order valence-corrected chi connectivity index (χ4v) is 5.89. The summed E-state index contributed by atoms with van der Waals surface area (Å²) in [5.41, 5.74) is 4.04. The van der Waals surface area contributed by atoms with Gasteiger partial charge in [0.05, 0.1) is 13.2 Å². The number of morpholine rings is 1. The van der Waals surface area contributed by atoms with Gasteiger partial charge in [-0.1, -0.05) is 12.1 Å². The zero-order chi connectivity index (χ0) is 25.4. The molecule has 1 aromatic carbocycles. The SMILES string of the molecule is O=C1CCC(N2Cc3cc(C4CCN(Cc5cnc(N6CCOCC6)nc5)CC4)ccc3C2=O)C(=O)N1. The van der Waals surface area contributed by atoms with Gasteiger partial charge in [-0.3, -0.25) is 24.6 Å². The van der Waals surface area contributed by atoms with Crippen LogP contribution in [0.5, 0.6) is 0 Å². The minimum atomic E-state index is -0.573. The quantitative estimate of drug-likeness (QED) is 0.610. The van der Waals surface area contributed by atoms with E-state index in [1.807, 2.05) is 18.5 Å². The van der Waals surface area contributed by atoms with Crippen molar-refractivity contribution in [2.24, 2.45) is 0 Å². The summed E-state index contributed by atoms with van der Waals surface area (Å²) in [6.07, 6.45) is 6.64. The Kier molecular flexibility index (Phi) is 6.60. The number of rotatable bonds is 5. The summed E-state index contributed by atoms with van der Waals surface area (Å²) in [5.74, 6) is 0.466. The first kappa shape index (κ1) is 24.0. The van der Waals surface area contributed by atoms with Crippen molar-refractivity contribution in [1.29, 1.82) is 0 Å². The van der Waals surface area contributed by atoms with Crippen LogP contribution in [0.3, 0.4) is 0 Å². The molecule has 0 spiro atoms. The molecule has 10 heteroatoms. The highest BCUT2D eigenvalue weighted by Gasteiger charge is 2.39. The van der Waals surface area contributed by atoms with Crippen LogP contribution in [0.1, 0.15) is 58.6 Å². The van der Waals surface area contributed by atoms with Crippen molar-refractivity contribution >= 4 is 23.7 Å². The normalized spacial score (nSPS) is 23.4. The van der Waals surface area contributed by atoms with E-state index < -0.39 is 6.04 Å². The molecule has 3 saturated heterocycles. The Morgan fingerprint density at radius 3 is 2.46 bits per heavy atom. The number of amides is 3. The number of aromatic nitrogens is 2. The Morgan fingerprint density at radius 2 is 1.73 bits per heavy atom. The van der Waals surface area contributed by atoms with Crippen molar-refractivity contribution < 1.29 is 19.1 Å². The van der Waals surface area contributed by atoms with Gasteiger partial charge in [-0.25, -0.2) is 9.97 Å². The fourth-order valence-electron chi connectivity index (χ4n) is 5.89. The van der Waals surface area contributed by atoms with Crippen molar-refractivity contribution in [2.75, 3.05) is 44.3 Å². The smallest absolute Gasteiger partial charge is 0.255 e. The van der Waals surface area contributed by atoms with Crippen LogP contribution < -0.4 is 10.2 Å². The maximum Gasteiger partial charge on any atom is 0.255 e. The largest absolute Gasteiger partial charge is 0.378 e. The molecule has 1 N–H and O–H groups in total. The number of likely N-dealkylation sites (tertiary alicyclic amines) is 1. The molecule has 1 unspecified atom stereocenters. The van der Waals surface area contributed by atoms with Gasteiger partial charge in [-0.15, -0.1) is 0 Å². The van der Waals surface area contributed by atoms with Crippen LogP contribution in [0.4, 0.5) is 5.95 Å². The second kappa shape index (κ2) is 10.2. The molecule has 6 rings (SSSR count). The second-order valence-electron chi connectivity index (χ2n) is 10.4. The van der Waals surface area contributed by atoms with Gasteiger partial charge in [-0.2, -0.15) is 0 Å². The van der Waals surface area contributed by atoms with Crippen molar-refractivity contribution in [1.82, 2.24) is 25.1 Å². The highest BCUT2D eigenvalue weighted by molar-refractivity contribution is 6.05. The van der Waals surface area contributed by atoms with Crippen LogP contribution >= 0.6 is 0 Å². The van der Waals surface area contributed by atoms with E-state index in [2.05, 4.69) is 37.2 Å². The topological polar surface area (TPSA) is 108 Å². The molecule has 0 aliphatic carbocycles. The molecule has 1 atom stereocenters. The Labute approximate surface area is 216 Å². The predicted molar refractivity (Wildman–Crippen MR) is 135 cm³/mol. The lowest BCUT2D eigenvalue weighted by Crippen LogP contribution is -2.52. The summed E-state index contributed by atoms with van der Waals surface area (Å²) >= 11 is 0. The highest BCUT2D eigenvalue weighted by Crippen LogP contribution is 2.34. The molecular formula is C27H32N6O4. The first-order valence-electron chi connectivity index (χ1n) is 13.2.